The van der Waals surface area contributed by atoms with Gasteiger partial charge in [-0.1, -0.05) is 6.07 Å². The van der Waals surface area contributed by atoms with Crippen molar-refractivity contribution in [3.8, 4) is 5.75 Å². The molecule has 0 radical (unpaired) electrons. The molecule has 0 aliphatic carbocycles. The van der Waals surface area contributed by atoms with Gasteiger partial charge in [0, 0.05) is 12.1 Å². The highest BCUT2D eigenvalue weighted by molar-refractivity contribution is 7.92. The number of ketones is 1. The number of hydrogen-bond donors (Lipinski definition) is 1. The molecule has 0 amide bonds. The van der Waals surface area contributed by atoms with E-state index >= 15 is 0 Å². The zero-order valence-electron chi connectivity index (χ0n) is 14.7. The number of hydrogen-bond acceptors (Lipinski definition) is 6. The summed E-state index contributed by atoms with van der Waals surface area (Å²) in [5.41, 5.74) is 1.87. The SMILES string of the molecule is CCS(=O)(=O)N1CCc2cc(C(=O)COC(=O)c3cccc(O)c3)ccc21. The number of ether oxygens (including phenoxy) is 1. The number of aromatic hydroxyl groups is 1. The number of fused-ring (bicyclic) bond motifs is 1. The summed E-state index contributed by atoms with van der Waals surface area (Å²) in [4.78, 5) is 24.3. The third kappa shape index (κ3) is 3.95. The van der Waals surface area contributed by atoms with E-state index in [0.717, 1.165) is 5.56 Å². The van der Waals surface area contributed by atoms with E-state index in [0.29, 0.717) is 24.2 Å². The summed E-state index contributed by atoms with van der Waals surface area (Å²) < 4.78 is 30.6. The van der Waals surface area contributed by atoms with Crippen molar-refractivity contribution in [1.82, 2.24) is 0 Å². The van der Waals surface area contributed by atoms with Crippen molar-refractivity contribution in [1.29, 1.82) is 0 Å². The van der Waals surface area contributed by atoms with Crippen LogP contribution in [0.3, 0.4) is 0 Å². The molecule has 27 heavy (non-hydrogen) atoms. The molecule has 1 N–H and O–H groups in total. The van der Waals surface area contributed by atoms with Gasteiger partial charge in [-0.3, -0.25) is 9.10 Å². The van der Waals surface area contributed by atoms with Crippen LogP contribution >= 0.6 is 0 Å². The van der Waals surface area contributed by atoms with E-state index in [2.05, 4.69) is 0 Å². The number of Topliss-reactive ketones (excluding diaryl/α,β-unsaturated/α-hetero) is 1. The van der Waals surface area contributed by atoms with Crippen molar-refractivity contribution in [2.75, 3.05) is 23.2 Å². The molecule has 0 saturated heterocycles. The molecule has 1 aliphatic heterocycles. The highest BCUT2D eigenvalue weighted by Crippen LogP contribution is 2.31. The van der Waals surface area contributed by atoms with Gasteiger partial charge in [-0.05, 0) is 55.3 Å². The quantitative estimate of drug-likeness (QED) is 0.600. The smallest absolute Gasteiger partial charge is 0.338 e. The highest BCUT2D eigenvalue weighted by Gasteiger charge is 2.28. The van der Waals surface area contributed by atoms with Crippen molar-refractivity contribution >= 4 is 27.5 Å². The summed E-state index contributed by atoms with van der Waals surface area (Å²) in [5, 5.41) is 9.38. The van der Waals surface area contributed by atoms with Gasteiger partial charge in [-0.2, -0.15) is 0 Å². The Hall–Kier alpha value is -2.87. The third-order valence-electron chi connectivity index (χ3n) is 4.37. The lowest BCUT2D eigenvalue weighted by Crippen LogP contribution is -2.30. The van der Waals surface area contributed by atoms with E-state index in [1.807, 2.05) is 0 Å². The number of carbonyl (C=O) groups excluding carboxylic acids is 2. The fraction of sp³-hybridized carbons (Fsp3) is 0.263. The van der Waals surface area contributed by atoms with Gasteiger partial charge in [-0.15, -0.1) is 0 Å². The molecule has 142 valence electrons. The first-order valence-electron chi connectivity index (χ1n) is 8.44. The van der Waals surface area contributed by atoms with Crippen LogP contribution < -0.4 is 4.31 Å². The Morgan fingerprint density at radius 2 is 1.93 bits per heavy atom. The summed E-state index contributed by atoms with van der Waals surface area (Å²) in [6.07, 6.45) is 0.527. The number of carbonyl (C=O) groups is 2. The van der Waals surface area contributed by atoms with Crippen LogP contribution in [-0.2, 0) is 21.2 Å². The number of phenols is 1. The molecule has 8 heteroatoms. The fourth-order valence-corrected chi connectivity index (χ4v) is 4.08. The molecule has 0 spiro atoms. The maximum atomic E-state index is 12.3. The van der Waals surface area contributed by atoms with Gasteiger partial charge in [0.1, 0.15) is 5.75 Å². The number of sulfonamides is 1. The van der Waals surface area contributed by atoms with E-state index in [1.54, 1.807) is 19.1 Å². The van der Waals surface area contributed by atoms with Gasteiger partial charge in [0.2, 0.25) is 10.0 Å². The zero-order valence-corrected chi connectivity index (χ0v) is 15.5. The molecular weight excluding hydrogens is 370 g/mol. The summed E-state index contributed by atoms with van der Waals surface area (Å²) >= 11 is 0. The van der Waals surface area contributed by atoms with E-state index in [9.17, 15) is 23.1 Å². The van der Waals surface area contributed by atoms with Crippen LogP contribution in [-0.4, -0.2) is 44.2 Å². The van der Waals surface area contributed by atoms with Crippen molar-refractivity contribution < 1.29 is 27.9 Å². The summed E-state index contributed by atoms with van der Waals surface area (Å²) in [6.45, 7) is 1.51. The Kier molecular flexibility index (Phi) is 5.18. The van der Waals surface area contributed by atoms with Crippen molar-refractivity contribution in [3.63, 3.8) is 0 Å². The standard InChI is InChI=1S/C19H19NO6S/c1-2-27(24,25)20-9-8-13-10-14(6-7-17(13)20)18(22)12-26-19(23)15-4-3-5-16(21)11-15/h3-7,10-11,21H,2,8-9,12H2,1H3. The van der Waals surface area contributed by atoms with Crippen LogP contribution in [0.1, 0.15) is 33.2 Å². The Morgan fingerprint density at radius 1 is 1.15 bits per heavy atom. The predicted molar refractivity (Wildman–Crippen MR) is 99.7 cm³/mol. The lowest BCUT2D eigenvalue weighted by molar-refractivity contribution is 0.0474. The maximum absolute atomic E-state index is 12.3. The van der Waals surface area contributed by atoms with Crippen LogP contribution in [0.15, 0.2) is 42.5 Å². The second kappa shape index (κ2) is 7.40. The van der Waals surface area contributed by atoms with Crippen molar-refractivity contribution in [3.05, 3.63) is 59.2 Å². The average molecular weight is 389 g/mol. The molecule has 0 saturated carbocycles. The van der Waals surface area contributed by atoms with Crippen LogP contribution in [0.2, 0.25) is 0 Å². The number of phenolic OH excluding ortho intramolecular Hbond substituents is 1. The molecular formula is C19H19NO6S. The Balaban J connectivity index is 1.69. The van der Waals surface area contributed by atoms with Crippen LogP contribution in [0.5, 0.6) is 5.75 Å². The van der Waals surface area contributed by atoms with Gasteiger partial charge < -0.3 is 9.84 Å². The Morgan fingerprint density at radius 3 is 2.63 bits per heavy atom. The van der Waals surface area contributed by atoms with E-state index in [1.165, 1.54) is 34.6 Å². The second-order valence-corrected chi connectivity index (χ2v) is 8.30. The number of nitrogens with zero attached hydrogens (tertiary/aromatic N) is 1. The van der Waals surface area contributed by atoms with Crippen LogP contribution in [0, 0.1) is 0 Å². The molecule has 7 nitrogen and oxygen atoms in total. The molecule has 0 atom stereocenters. The monoisotopic (exact) mass is 389 g/mol. The molecule has 0 aromatic heterocycles. The predicted octanol–water partition coefficient (Wildman–Crippen LogP) is 2.14. The van der Waals surface area contributed by atoms with Crippen molar-refractivity contribution in [2.24, 2.45) is 0 Å². The Bertz CT molecular complexity index is 999. The van der Waals surface area contributed by atoms with Crippen molar-refractivity contribution in [2.45, 2.75) is 13.3 Å². The lowest BCUT2D eigenvalue weighted by atomic mass is 10.1. The number of anilines is 1. The Labute approximate surface area is 157 Å². The highest BCUT2D eigenvalue weighted by atomic mass is 32.2. The summed E-state index contributed by atoms with van der Waals surface area (Å²) in [6, 6.07) is 10.5. The fourth-order valence-electron chi connectivity index (χ4n) is 2.92. The second-order valence-electron chi connectivity index (χ2n) is 6.12. The molecule has 1 aliphatic rings. The molecule has 2 aromatic carbocycles. The topological polar surface area (TPSA) is 101 Å². The summed E-state index contributed by atoms with van der Waals surface area (Å²) in [5.74, 6) is -1.15. The first-order valence-corrected chi connectivity index (χ1v) is 10.1. The minimum absolute atomic E-state index is 0.0120. The minimum Gasteiger partial charge on any atom is -0.508 e. The first-order chi connectivity index (χ1) is 12.8. The van der Waals surface area contributed by atoms with Crippen LogP contribution in [0.25, 0.3) is 0 Å². The number of benzene rings is 2. The van der Waals surface area contributed by atoms with Gasteiger partial charge >= 0.3 is 5.97 Å². The average Bonchev–Trinajstić information content (AvgIpc) is 3.09. The number of esters is 1. The van der Waals surface area contributed by atoms with Crippen LogP contribution in [0.4, 0.5) is 5.69 Å². The third-order valence-corrected chi connectivity index (χ3v) is 6.15. The largest absolute Gasteiger partial charge is 0.508 e. The minimum atomic E-state index is -3.34. The zero-order chi connectivity index (χ0) is 19.6. The molecule has 0 bridgehead atoms. The lowest BCUT2D eigenvalue weighted by Gasteiger charge is -2.18. The van der Waals surface area contributed by atoms with E-state index < -0.39 is 22.6 Å². The molecule has 0 unspecified atom stereocenters. The maximum Gasteiger partial charge on any atom is 0.338 e. The van der Waals surface area contributed by atoms with Gasteiger partial charge in [0.15, 0.2) is 12.4 Å². The summed E-state index contributed by atoms with van der Waals surface area (Å²) in [7, 11) is -3.34. The molecule has 3 rings (SSSR count). The van der Waals surface area contributed by atoms with Gasteiger partial charge in [0.05, 0.1) is 17.0 Å². The molecule has 2 aromatic rings. The van der Waals surface area contributed by atoms with Gasteiger partial charge in [-0.25, -0.2) is 13.2 Å². The van der Waals surface area contributed by atoms with E-state index in [4.69, 9.17) is 4.74 Å². The van der Waals surface area contributed by atoms with Gasteiger partial charge in [0.25, 0.3) is 0 Å². The van der Waals surface area contributed by atoms with E-state index in [-0.39, 0.29) is 22.8 Å². The first kappa shape index (κ1) is 18.9. The normalized spacial score (nSPS) is 13.3. The number of rotatable bonds is 6. The molecule has 1 heterocycles. The molecule has 0 fully saturated rings.